The van der Waals surface area contributed by atoms with Crippen molar-refractivity contribution in [3.63, 3.8) is 0 Å². The van der Waals surface area contributed by atoms with Crippen LogP contribution in [0.4, 0.5) is 4.79 Å². The summed E-state index contributed by atoms with van der Waals surface area (Å²) in [7, 11) is 0. The van der Waals surface area contributed by atoms with E-state index in [1.165, 1.54) is 12.1 Å². The van der Waals surface area contributed by atoms with Gasteiger partial charge in [-0.15, -0.1) is 0 Å². The molecule has 4 atom stereocenters. The maximum absolute atomic E-state index is 12.1. The first kappa shape index (κ1) is 21.6. The van der Waals surface area contributed by atoms with Gasteiger partial charge in [0.15, 0.2) is 11.5 Å². The van der Waals surface area contributed by atoms with E-state index in [1.807, 2.05) is 6.92 Å². The fourth-order valence-corrected chi connectivity index (χ4v) is 1.92. The van der Waals surface area contributed by atoms with Gasteiger partial charge in [0.2, 0.25) is 0 Å². The van der Waals surface area contributed by atoms with E-state index in [4.69, 9.17) is 19.9 Å². The van der Waals surface area contributed by atoms with Crippen LogP contribution in [0.5, 0.6) is 11.5 Å². The van der Waals surface area contributed by atoms with E-state index in [1.54, 1.807) is 26.8 Å². The van der Waals surface area contributed by atoms with Gasteiger partial charge in [0.1, 0.15) is 24.4 Å². The Morgan fingerprint density at radius 1 is 1.04 bits per heavy atom. The van der Waals surface area contributed by atoms with Crippen LogP contribution >= 0.6 is 0 Å². The van der Waals surface area contributed by atoms with Gasteiger partial charge in [-0.1, -0.05) is 13.0 Å². The molecule has 0 aliphatic heterocycles. The van der Waals surface area contributed by atoms with Crippen LogP contribution < -0.4 is 5.73 Å². The molecular weight excluding hydrogens is 342 g/mol. The second kappa shape index (κ2) is 9.86. The molecular formula is C18H27NO7. The van der Waals surface area contributed by atoms with Crippen molar-refractivity contribution in [2.75, 3.05) is 0 Å². The number of aromatic hydroxyl groups is 2. The van der Waals surface area contributed by atoms with Gasteiger partial charge in [-0.05, 0) is 51.3 Å². The smallest absolute Gasteiger partial charge is 0.504 e. The summed E-state index contributed by atoms with van der Waals surface area (Å²) < 4.78 is 15.3. The fourth-order valence-electron chi connectivity index (χ4n) is 1.92. The highest BCUT2D eigenvalue weighted by atomic mass is 16.7. The van der Waals surface area contributed by atoms with Crippen LogP contribution in [-0.2, 0) is 25.4 Å². The van der Waals surface area contributed by atoms with Crippen molar-refractivity contribution in [3.05, 3.63) is 23.8 Å². The molecule has 0 aliphatic rings. The predicted octanol–water partition coefficient (Wildman–Crippen LogP) is 2.24. The summed E-state index contributed by atoms with van der Waals surface area (Å²) in [5.74, 6) is -1.22. The molecule has 0 spiro atoms. The highest BCUT2D eigenvalue weighted by molar-refractivity contribution is 5.76. The third-order valence-electron chi connectivity index (χ3n) is 3.92. The Balaban J connectivity index is 2.51. The zero-order valence-corrected chi connectivity index (χ0v) is 15.5. The van der Waals surface area contributed by atoms with Crippen LogP contribution in [0.1, 0.15) is 39.7 Å². The zero-order valence-electron chi connectivity index (χ0n) is 15.5. The van der Waals surface area contributed by atoms with Crippen molar-refractivity contribution < 1.29 is 34.0 Å². The summed E-state index contributed by atoms with van der Waals surface area (Å²) in [5, 5.41) is 18.8. The third-order valence-corrected chi connectivity index (χ3v) is 3.92. The lowest BCUT2D eigenvalue weighted by Gasteiger charge is -2.22. The minimum Gasteiger partial charge on any atom is -0.504 e. The number of hydrogen-bond donors (Lipinski definition) is 3. The summed E-state index contributed by atoms with van der Waals surface area (Å²) in [6.45, 7) is 6.79. The first-order chi connectivity index (χ1) is 12.1. The van der Waals surface area contributed by atoms with Crippen LogP contribution in [0.2, 0.25) is 0 Å². The molecule has 0 aromatic heterocycles. The van der Waals surface area contributed by atoms with Crippen LogP contribution in [-0.4, -0.2) is 46.7 Å². The molecule has 146 valence electrons. The highest BCUT2D eigenvalue weighted by Gasteiger charge is 2.25. The second-order valence-electron chi connectivity index (χ2n) is 6.19. The van der Waals surface area contributed by atoms with Gasteiger partial charge in [-0.3, -0.25) is 4.79 Å². The van der Waals surface area contributed by atoms with Gasteiger partial charge in [-0.2, -0.15) is 0 Å². The molecule has 1 rings (SSSR count). The molecule has 26 heavy (non-hydrogen) atoms. The first-order valence-corrected chi connectivity index (χ1v) is 8.48. The number of rotatable bonds is 8. The van der Waals surface area contributed by atoms with E-state index in [2.05, 4.69) is 0 Å². The molecule has 0 bridgehead atoms. The molecule has 1 unspecified atom stereocenters. The monoisotopic (exact) mass is 369 g/mol. The van der Waals surface area contributed by atoms with Crippen molar-refractivity contribution in [2.45, 2.75) is 64.9 Å². The normalized spacial score (nSPS) is 15.4. The molecule has 4 N–H and O–H groups in total. The Morgan fingerprint density at radius 3 is 2.23 bits per heavy atom. The average molecular weight is 369 g/mol. The molecule has 0 saturated carbocycles. The quantitative estimate of drug-likeness (QED) is 0.470. The number of phenolic OH excluding ortho intramolecular Hbond substituents is 2. The first-order valence-electron chi connectivity index (χ1n) is 8.48. The zero-order chi connectivity index (χ0) is 19.9. The third kappa shape index (κ3) is 6.79. The molecule has 1 aromatic rings. The standard InChI is InChI=1S/C18H27NO7/c1-5-10(2)24-18(23)26-12(4)11(3)25-17(22)14(19)8-13-6-7-15(20)16(21)9-13/h6-7,9-12,14,20-21H,5,8,19H2,1-4H3/t10?,11-,12-,14+/m1/s1. The SMILES string of the molecule is CCC(C)OC(=O)O[C@H](C)[C@@H](C)OC(=O)[C@@H](N)Cc1ccc(O)c(O)c1. The van der Waals surface area contributed by atoms with Crippen molar-refractivity contribution in [1.29, 1.82) is 0 Å². The van der Waals surface area contributed by atoms with Gasteiger partial charge in [0.25, 0.3) is 0 Å². The number of phenols is 2. The molecule has 8 nitrogen and oxygen atoms in total. The second-order valence-corrected chi connectivity index (χ2v) is 6.19. The molecule has 0 saturated heterocycles. The maximum Gasteiger partial charge on any atom is 0.508 e. The van der Waals surface area contributed by atoms with Crippen molar-refractivity contribution in [2.24, 2.45) is 5.73 Å². The topological polar surface area (TPSA) is 128 Å². The lowest BCUT2D eigenvalue weighted by atomic mass is 10.1. The van der Waals surface area contributed by atoms with Gasteiger partial charge >= 0.3 is 12.1 Å². The summed E-state index contributed by atoms with van der Waals surface area (Å²) in [6, 6.07) is 3.20. The molecule has 1 aromatic carbocycles. The molecule has 8 heteroatoms. The number of hydrogen-bond acceptors (Lipinski definition) is 8. The Hall–Kier alpha value is -2.48. The van der Waals surface area contributed by atoms with E-state index >= 15 is 0 Å². The van der Waals surface area contributed by atoms with Crippen LogP contribution in [0.25, 0.3) is 0 Å². The maximum atomic E-state index is 12.1. The van der Waals surface area contributed by atoms with Gasteiger partial charge in [0.05, 0.1) is 0 Å². The number of esters is 1. The Kier molecular flexibility index (Phi) is 8.18. The van der Waals surface area contributed by atoms with Gasteiger partial charge in [-0.25, -0.2) is 4.79 Å². The average Bonchev–Trinajstić information content (AvgIpc) is 2.57. The summed E-state index contributed by atoms with van der Waals surface area (Å²) in [6.07, 6.45) is -1.73. The van der Waals surface area contributed by atoms with E-state index in [9.17, 15) is 19.8 Å². The van der Waals surface area contributed by atoms with Crippen LogP contribution in [0, 0.1) is 0 Å². The van der Waals surface area contributed by atoms with Crippen LogP contribution in [0.15, 0.2) is 18.2 Å². The highest BCUT2D eigenvalue weighted by Crippen LogP contribution is 2.25. The van der Waals surface area contributed by atoms with Crippen LogP contribution in [0.3, 0.4) is 0 Å². The molecule has 0 aliphatic carbocycles. The summed E-state index contributed by atoms with van der Waals surface area (Å²) in [5.41, 5.74) is 6.39. The van der Waals surface area contributed by atoms with E-state index in [-0.39, 0.29) is 24.0 Å². The fraction of sp³-hybridized carbons (Fsp3) is 0.556. The Bertz CT molecular complexity index is 620. The van der Waals surface area contributed by atoms with Crippen molar-refractivity contribution >= 4 is 12.1 Å². The van der Waals surface area contributed by atoms with E-state index in [0.29, 0.717) is 12.0 Å². The lowest BCUT2D eigenvalue weighted by Crippen LogP contribution is -2.39. The summed E-state index contributed by atoms with van der Waals surface area (Å²) in [4.78, 5) is 23.7. The summed E-state index contributed by atoms with van der Waals surface area (Å²) >= 11 is 0. The minimum atomic E-state index is -0.972. The molecule has 0 radical (unpaired) electrons. The van der Waals surface area contributed by atoms with Gasteiger partial charge < -0.3 is 30.2 Å². The Labute approximate surface area is 152 Å². The van der Waals surface area contributed by atoms with Crippen molar-refractivity contribution in [1.82, 2.24) is 0 Å². The molecule has 0 amide bonds. The number of carbonyl (C=O) groups is 2. The lowest BCUT2D eigenvalue weighted by molar-refractivity contribution is -0.155. The largest absolute Gasteiger partial charge is 0.508 e. The molecule has 0 heterocycles. The Morgan fingerprint density at radius 2 is 1.65 bits per heavy atom. The minimum absolute atomic E-state index is 0.116. The van der Waals surface area contributed by atoms with E-state index < -0.39 is 30.4 Å². The number of ether oxygens (including phenoxy) is 3. The number of carbonyl (C=O) groups excluding carboxylic acids is 2. The predicted molar refractivity (Wildman–Crippen MR) is 93.8 cm³/mol. The number of benzene rings is 1. The van der Waals surface area contributed by atoms with E-state index in [0.717, 1.165) is 0 Å². The number of nitrogens with two attached hydrogens (primary N) is 1. The van der Waals surface area contributed by atoms with Crippen molar-refractivity contribution in [3.8, 4) is 11.5 Å². The molecule has 0 fully saturated rings. The van der Waals surface area contributed by atoms with Gasteiger partial charge in [0, 0.05) is 0 Å².